The van der Waals surface area contributed by atoms with Crippen molar-refractivity contribution in [3.63, 3.8) is 0 Å². The molecule has 1 aromatic heterocycles. The van der Waals surface area contributed by atoms with Crippen LogP contribution in [0.2, 0.25) is 0 Å². The average molecular weight is 848 g/mol. The highest BCUT2D eigenvalue weighted by Gasteiger charge is 2.86. The van der Waals surface area contributed by atoms with Crippen molar-refractivity contribution in [1.82, 2.24) is 15.0 Å². The van der Waals surface area contributed by atoms with Gasteiger partial charge >= 0.3 is 33.4 Å². The molecule has 1 aliphatic carbocycles. The molecule has 6 nitrogen and oxygen atoms in total. The summed E-state index contributed by atoms with van der Waals surface area (Å²) in [6.45, 7) is 0. The maximum atomic E-state index is 15.5. The Kier molecular flexibility index (Phi) is 9.61. The van der Waals surface area contributed by atoms with Gasteiger partial charge in [-0.3, -0.25) is 0 Å². The lowest BCUT2D eigenvalue weighted by Crippen LogP contribution is -2.63. The Labute approximate surface area is 336 Å². The molecule has 0 unspecified atom stereocenters. The maximum Gasteiger partial charge on any atom is 0.460 e. The third-order valence-corrected chi connectivity index (χ3v) is 11.4. The zero-order chi connectivity index (χ0) is 42.7. The van der Waals surface area contributed by atoms with E-state index in [4.69, 9.17) is 4.18 Å². The van der Waals surface area contributed by atoms with Crippen LogP contribution in [0.5, 0.6) is 5.75 Å². The molecule has 0 spiro atoms. The van der Waals surface area contributed by atoms with Crippen molar-refractivity contribution in [2.45, 2.75) is 28.7 Å². The fourth-order valence-corrected chi connectivity index (χ4v) is 8.25. The summed E-state index contributed by atoms with van der Waals surface area (Å²) in [6, 6.07) is 42.9. The second-order valence-electron chi connectivity index (χ2n) is 13.7. The van der Waals surface area contributed by atoms with Gasteiger partial charge in [0, 0.05) is 11.1 Å². The van der Waals surface area contributed by atoms with Crippen LogP contribution in [-0.2, 0) is 15.5 Å². The Hall–Kier alpha value is -6.55. The molecule has 0 fully saturated rings. The molecule has 0 atom stereocenters. The van der Waals surface area contributed by atoms with Gasteiger partial charge in [-0.2, -0.15) is 47.9 Å². The Morgan fingerprint density at radius 2 is 0.883 bits per heavy atom. The Morgan fingerprint density at radius 3 is 1.37 bits per heavy atom. The van der Waals surface area contributed by atoms with Gasteiger partial charge in [0.1, 0.15) is 0 Å². The highest BCUT2D eigenvalue weighted by Crippen LogP contribution is 2.59. The van der Waals surface area contributed by atoms with Crippen LogP contribution in [0.3, 0.4) is 0 Å². The van der Waals surface area contributed by atoms with Crippen molar-refractivity contribution in [2.75, 3.05) is 0 Å². The normalized spacial score (nSPS) is 14.0. The largest absolute Gasteiger partial charge is 0.460 e. The van der Waals surface area contributed by atoms with Gasteiger partial charge in [0.25, 0.3) is 0 Å². The summed E-state index contributed by atoms with van der Waals surface area (Å²) in [7, 11) is -7.45. The van der Waals surface area contributed by atoms with Crippen LogP contribution in [-0.4, -0.2) is 46.6 Å². The van der Waals surface area contributed by atoms with Crippen molar-refractivity contribution in [2.24, 2.45) is 0 Å². The number of fused-ring (bicyclic) bond motifs is 3. The van der Waals surface area contributed by atoms with E-state index in [1.165, 1.54) is 6.07 Å². The van der Waals surface area contributed by atoms with E-state index in [1.54, 1.807) is 146 Å². The summed E-state index contributed by atoms with van der Waals surface area (Å²) in [5, 5.41) is -7.17. The van der Waals surface area contributed by atoms with E-state index < -0.39 is 55.9 Å². The van der Waals surface area contributed by atoms with Crippen LogP contribution in [0.25, 0.3) is 45.3 Å². The molecule has 0 saturated heterocycles. The molecule has 304 valence electrons. The zero-order valence-electron chi connectivity index (χ0n) is 30.4. The van der Waals surface area contributed by atoms with Gasteiger partial charge in [0.2, 0.25) is 0 Å². The van der Waals surface area contributed by atoms with Gasteiger partial charge in [-0.15, -0.1) is 0 Å². The van der Waals surface area contributed by atoms with E-state index in [-0.39, 0.29) is 17.2 Å². The lowest BCUT2D eigenvalue weighted by atomic mass is 9.67. The van der Waals surface area contributed by atoms with Gasteiger partial charge < -0.3 is 4.18 Å². The molecular weight excluding hydrogens is 822 g/mol. The van der Waals surface area contributed by atoms with Crippen LogP contribution in [0.4, 0.5) is 39.5 Å². The van der Waals surface area contributed by atoms with Gasteiger partial charge in [-0.1, -0.05) is 146 Å². The number of rotatable bonds is 10. The van der Waals surface area contributed by atoms with Crippen molar-refractivity contribution < 1.29 is 52.1 Å². The van der Waals surface area contributed by atoms with Gasteiger partial charge in [0.05, 0.1) is 11.0 Å². The van der Waals surface area contributed by atoms with Crippen LogP contribution < -0.4 is 4.18 Å². The first kappa shape index (κ1) is 40.2. The summed E-state index contributed by atoms with van der Waals surface area (Å²) in [5.74, 6) is -16.8. The predicted molar refractivity (Wildman–Crippen MR) is 204 cm³/mol. The van der Waals surface area contributed by atoms with Gasteiger partial charge in [0.15, 0.2) is 23.2 Å². The Balaban J connectivity index is 1.46. The molecule has 6 aromatic carbocycles. The Bertz CT molecular complexity index is 2730. The second-order valence-corrected chi connectivity index (χ2v) is 15.2. The van der Waals surface area contributed by atoms with Gasteiger partial charge in [-0.05, 0) is 45.5 Å². The number of halogens is 9. The summed E-state index contributed by atoms with van der Waals surface area (Å²) in [6.07, 6.45) is -7.29. The molecule has 0 saturated carbocycles. The number of hydrogen-bond acceptors (Lipinski definition) is 6. The smallest absolute Gasteiger partial charge is 0.377 e. The van der Waals surface area contributed by atoms with E-state index in [0.717, 1.165) is 6.07 Å². The summed E-state index contributed by atoms with van der Waals surface area (Å²) in [4.78, 5) is 13.6. The third kappa shape index (κ3) is 6.19. The zero-order valence-corrected chi connectivity index (χ0v) is 31.2. The lowest BCUT2D eigenvalue weighted by molar-refractivity contribution is -0.382. The molecule has 0 aliphatic heterocycles. The van der Waals surface area contributed by atoms with E-state index in [0.29, 0.717) is 38.9 Å². The van der Waals surface area contributed by atoms with Crippen molar-refractivity contribution in [3.05, 3.63) is 180 Å². The molecule has 0 radical (unpaired) electrons. The molecule has 7 aromatic rings. The molecule has 0 bridgehead atoms. The SMILES string of the molecule is O=S(=O)(Oc1cc2c(cc1-c1nc(-c3ccccc3)nc(-c3ccccc3)n1)-c1ccccc1C2(c1ccccc1)c1ccccc1)C(F)(F)C(F)(F)C(F)(F)C(F)(F)F. The number of alkyl halides is 9. The van der Waals surface area contributed by atoms with Crippen LogP contribution in [0.15, 0.2) is 158 Å². The summed E-state index contributed by atoms with van der Waals surface area (Å²) in [5.41, 5.74) is 1.57. The molecule has 1 heterocycles. The minimum absolute atomic E-state index is 0.0289. The quantitative estimate of drug-likeness (QED) is 0.101. The van der Waals surface area contributed by atoms with Crippen molar-refractivity contribution >= 4 is 10.1 Å². The highest BCUT2D eigenvalue weighted by molar-refractivity contribution is 7.88. The van der Waals surface area contributed by atoms with E-state index in [9.17, 15) is 39.2 Å². The average Bonchev–Trinajstić information content (AvgIpc) is 3.53. The van der Waals surface area contributed by atoms with Crippen molar-refractivity contribution in [1.29, 1.82) is 0 Å². The molecule has 8 rings (SSSR count). The van der Waals surface area contributed by atoms with Crippen LogP contribution in [0, 0.1) is 0 Å². The number of nitrogens with zero attached hydrogens (tertiary/aromatic N) is 3. The minimum Gasteiger partial charge on any atom is -0.377 e. The minimum atomic E-state index is -7.56. The topological polar surface area (TPSA) is 82.0 Å². The monoisotopic (exact) mass is 847 g/mol. The fourth-order valence-electron chi connectivity index (χ4n) is 7.33. The molecule has 16 heteroatoms. The molecule has 1 aliphatic rings. The molecule has 0 N–H and O–H groups in total. The molecular formula is C44H26F9N3O3S. The van der Waals surface area contributed by atoms with E-state index in [1.807, 2.05) is 0 Å². The Morgan fingerprint density at radius 1 is 0.450 bits per heavy atom. The summed E-state index contributed by atoms with van der Waals surface area (Å²) < 4.78 is 160. The van der Waals surface area contributed by atoms with Crippen LogP contribution >= 0.6 is 0 Å². The standard InChI is InChI=1S/C44H26F9N3O3S/c45-41(46,43(49,50)51)42(47,48)44(52,53)60(57,58)59-36-26-35-32(31-23-13-14-24-34(31)40(35,29-19-9-3-10-20-29)30-21-11-4-12-22-30)25-33(36)39-55-37(27-15-5-1-6-16-27)54-38(56-39)28-17-7-2-8-18-28/h1-26H. The highest BCUT2D eigenvalue weighted by atomic mass is 32.2. The lowest BCUT2D eigenvalue weighted by Gasteiger charge is -2.34. The first-order valence-corrected chi connectivity index (χ1v) is 19.2. The second kappa shape index (κ2) is 14.3. The van der Waals surface area contributed by atoms with E-state index >= 15 is 8.78 Å². The predicted octanol–water partition coefficient (Wildman–Crippen LogP) is 11.4. The first-order valence-electron chi connectivity index (χ1n) is 17.8. The van der Waals surface area contributed by atoms with Crippen molar-refractivity contribution in [3.8, 4) is 51.0 Å². The third-order valence-electron chi connectivity index (χ3n) is 10.1. The van der Waals surface area contributed by atoms with E-state index in [2.05, 4.69) is 15.0 Å². The molecule has 0 amide bonds. The van der Waals surface area contributed by atoms with Gasteiger partial charge in [-0.25, -0.2) is 15.0 Å². The molecule has 60 heavy (non-hydrogen) atoms. The maximum absolute atomic E-state index is 15.5. The fraction of sp³-hybridized carbons (Fsp3) is 0.114. The number of benzene rings is 6. The van der Waals surface area contributed by atoms with Crippen LogP contribution in [0.1, 0.15) is 22.3 Å². The number of hydrogen-bond donors (Lipinski definition) is 0. The number of aromatic nitrogens is 3. The first-order chi connectivity index (χ1) is 28.4. The summed E-state index contributed by atoms with van der Waals surface area (Å²) >= 11 is 0.